The summed E-state index contributed by atoms with van der Waals surface area (Å²) in [6.07, 6.45) is -0.571. The zero-order chi connectivity index (χ0) is 16.8. The van der Waals surface area contributed by atoms with Crippen LogP contribution in [0.4, 0.5) is 0 Å². The monoisotopic (exact) mass is 333 g/mol. The first kappa shape index (κ1) is 17.8. The molecule has 0 aliphatic rings. The molecule has 2 rings (SSSR count). The van der Waals surface area contributed by atoms with Gasteiger partial charge in [-0.2, -0.15) is 0 Å². The van der Waals surface area contributed by atoms with Crippen molar-refractivity contribution in [1.29, 1.82) is 0 Å². The van der Waals surface area contributed by atoms with E-state index in [1.807, 2.05) is 56.3 Å². The lowest BCUT2D eigenvalue weighted by molar-refractivity contribution is 0.104. The van der Waals surface area contributed by atoms with Crippen molar-refractivity contribution in [3.05, 3.63) is 64.2 Å². The van der Waals surface area contributed by atoms with Gasteiger partial charge in [-0.15, -0.1) is 0 Å². The molecule has 0 radical (unpaired) electrons. The fourth-order valence-electron chi connectivity index (χ4n) is 2.26. The number of ether oxygens (including phenoxy) is 1. The molecule has 0 aromatic heterocycles. The molecule has 0 saturated carbocycles. The number of rotatable bonds is 7. The van der Waals surface area contributed by atoms with Crippen molar-refractivity contribution in [3.8, 4) is 5.75 Å². The number of aliphatic hydroxyl groups is 1. The molecule has 2 unspecified atom stereocenters. The normalized spacial score (nSPS) is 13.6. The second-order valence-corrected chi connectivity index (χ2v) is 6.33. The van der Waals surface area contributed by atoms with E-state index in [4.69, 9.17) is 16.3 Å². The van der Waals surface area contributed by atoms with E-state index in [0.717, 1.165) is 16.3 Å². The Morgan fingerprint density at radius 3 is 2.61 bits per heavy atom. The van der Waals surface area contributed by atoms with Gasteiger partial charge in [0.25, 0.3) is 0 Å². The van der Waals surface area contributed by atoms with Gasteiger partial charge in [0.05, 0.1) is 0 Å². The summed E-state index contributed by atoms with van der Waals surface area (Å²) in [5, 5.41) is 14.1. The Bertz CT molecular complexity index is 645. The van der Waals surface area contributed by atoms with Gasteiger partial charge in [0, 0.05) is 17.6 Å². The Balaban J connectivity index is 1.78. The third kappa shape index (κ3) is 5.54. The lowest BCUT2D eigenvalue weighted by atomic mass is 10.1. The molecular formula is C19H24ClNO2. The minimum absolute atomic E-state index is 0.116. The summed E-state index contributed by atoms with van der Waals surface area (Å²) in [5.74, 6) is 0.787. The number of benzene rings is 2. The van der Waals surface area contributed by atoms with Gasteiger partial charge in [-0.3, -0.25) is 0 Å². The molecule has 23 heavy (non-hydrogen) atoms. The van der Waals surface area contributed by atoms with Crippen LogP contribution in [0.15, 0.2) is 42.5 Å². The highest BCUT2D eigenvalue weighted by Gasteiger charge is 2.10. The predicted octanol–water partition coefficient (Wildman–Crippen LogP) is 4.05. The Labute approximate surface area is 143 Å². The molecule has 2 aromatic carbocycles. The lowest BCUT2D eigenvalue weighted by Crippen LogP contribution is -2.33. The molecule has 3 nitrogen and oxygen atoms in total. The Morgan fingerprint density at radius 2 is 1.91 bits per heavy atom. The predicted molar refractivity (Wildman–Crippen MR) is 95.3 cm³/mol. The van der Waals surface area contributed by atoms with Crippen LogP contribution >= 0.6 is 11.6 Å². The molecule has 0 saturated heterocycles. The standard InChI is InChI=1S/C19H24ClNO2/c1-13-7-8-19(9-14(13)2)23-12-18(22)11-21-15(3)16-5-4-6-17(20)10-16/h4-10,15,18,21-22H,11-12H2,1-3H3. The molecule has 0 fully saturated rings. The highest BCUT2D eigenvalue weighted by Crippen LogP contribution is 2.18. The van der Waals surface area contributed by atoms with Gasteiger partial charge in [-0.25, -0.2) is 0 Å². The van der Waals surface area contributed by atoms with E-state index in [0.29, 0.717) is 6.54 Å². The van der Waals surface area contributed by atoms with E-state index in [1.165, 1.54) is 11.1 Å². The van der Waals surface area contributed by atoms with E-state index < -0.39 is 6.10 Å². The summed E-state index contributed by atoms with van der Waals surface area (Å²) in [6, 6.07) is 13.8. The average molecular weight is 334 g/mol. The smallest absolute Gasteiger partial charge is 0.119 e. The highest BCUT2D eigenvalue weighted by molar-refractivity contribution is 6.30. The number of nitrogens with one attached hydrogen (secondary N) is 1. The molecule has 0 amide bonds. The van der Waals surface area contributed by atoms with E-state index in [2.05, 4.69) is 12.2 Å². The molecule has 0 bridgehead atoms. The third-order valence-corrected chi connectivity index (χ3v) is 4.16. The maximum Gasteiger partial charge on any atom is 0.119 e. The maximum atomic E-state index is 10.1. The number of halogens is 1. The second kappa shape index (κ2) is 8.34. The van der Waals surface area contributed by atoms with Crippen LogP contribution < -0.4 is 10.1 Å². The molecular weight excluding hydrogens is 310 g/mol. The van der Waals surface area contributed by atoms with Crippen LogP contribution in [-0.4, -0.2) is 24.4 Å². The Morgan fingerprint density at radius 1 is 1.13 bits per heavy atom. The molecule has 0 heterocycles. The topological polar surface area (TPSA) is 41.5 Å². The van der Waals surface area contributed by atoms with Crippen molar-refractivity contribution in [1.82, 2.24) is 5.32 Å². The van der Waals surface area contributed by atoms with Gasteiger partial charge in [-0.1, -0.05) is 29.8 Å². The summed E-state index contributed by atoms with van der Waals surface area (Å²) >= 11 is 6.00. The van der Waals surface area contributed by atoms with Crippen molar-refractivity contribution in [3.63, 3.8) is 0 Å². The first-order valence-corrected chi connectivity index (χ1v) is 8.20. The highest BCUT2D eigenvalue weighted by atomic mass is 35.5. The molecule has 0 spiro atoms. The van der Waals surface area contributed by atoms with Crippen LogP contribution in [0.25, 0.3) is 0 Å². The largest absolute Gasteiger partial charge is 0.491 e. The van der Waals surface area contributed by atoms with E-state index in [1.54, 1.807) is 0 Å². The van der Waals surface area contributed by atoms with Crippen LogP contribution in [0.5, 0.6) is 5.75 Å². The first-order chi connectivity index (χ1) is 11.0. The van der Waals surface area contributed by atoms with Crippen molar-refractivity contribution < 1.29 is 9.84 Å². The summed E-state index contributed by atoms with van der Waals surface area (Å²) in [7, 11) is 0. The number of hydrogen-bond acceptors (Lipinski definition) is 3. The van der Waals surface area contributed by atoms with Gasteiger partial charge in [0.1, 0.15) is 18.5 Å². The quantitative estimate of drug-likeness (QED) is 0.803. The van der Waals surface area contributed by atoms with Crippen LogP contribution in [0.2, 0.25) is 5.02 Å². The molecule has 0 aliphatic carbocycles. The summed E-state index contributed by atoms with van der Waals surface area (Å²) in [6.45, 7) is 6.88. The van der Waals surface area contributed by atoms with Gasteiger partial charge in [-0.05, 0) is 61.7 Å². The second-order valence-electron chi connectivity index (χ2n) is 5.90. The average Bonchev–Trinajstić information content (AvgIpc) is 2.53. The van der Waals surface area contributed by atoms with E-state index >= 15 is 0 Å². The van der Waals surface area contributed by atoms with Crippen molar-refractivity contribution in [2.24, 2.45) is 0 Å². The number of aryl methyl sites for hydroxylation is 2. The fraction of sp³-hybridized carbons (Fsp3) is 0.368. The minimum atomic E-state index is -0.571. The number of hydrogen-bond donors (Lipinski definition) is 2. The van der Waals surface area contributed by atoms with Crippen LogP contribution in [-0.2, 0) is 0 Å². The van der Waals surface area contributed by atoms with E-state index in [9.17, 15) is 5.11 Å². The van der Waals surface area contributed by atoms with E-state index in [-0.39, 0.29) is 12.6 Å². The van der Waals surface area contributed by atoms with Crippen molar-refractivity contribution in [2.45, 2.75) is 32.9 Å². The summed E-state index contributed by atoms with van der Waals surface area (Å²) in [5.41, 5.74) is 3.51. The maximum absolute atomic E-state index is 10.1. The molecule has 2 atom stereocenters. The van der Waals surface area contributed by atoms with Gasteiger partial charge >= 0.3 is 0 Å². The molecule has 2 N–H and O–H groups in total. The Kier molecular flexibility index (Phi) is 6.46. The van der Waals surface area contributed by atoms with Gasteiger partial charge in [0.15, 0.2) is 0 Å². The lowest BCUT2D eigenvalue weighted by Gasteiger charge is -2.18. The fourth-order valence-corrected chi connectivity index (χ4v) is 2.46. The van der Waals surface area contributed by atoms with Gasteiger partial charge < -0.3 is 15.2 Å². The molecule has 124 valence electrons. The summed E-state index contributed by atoms with van der Waals surface area (Å²) < 4.78 is 5.65. The van der Waals surface area contributed by atoms with Crippen LogP contribution in [0, 0.1) is 13.8 Å². The SMILES string of the molecule is Cc1ccc(OCC(O)CNC(C)c2cccc(Cl)c2)cc1C. The van der Waals surface area contributed by atoms with Crippen molar-refractivity contribution in [2.75, 3.05) is 13.2 Å². The Hall–Kier alpha value is -1.55. The third-order valence-electron chi connectivity index (χ3n) is 3.93. The van der Waals surface area contributed by atoms with Gasteiger partial charge in [0.2, 0.25) is 0 Å². The molecule has 4 heteroatoms. The zero-order valence-corrected chi connectivity index (χ0v) is 14.6. The zero-order valence-electron chi connectivity index (χ0n) is 13.8. The van der Waals surface area contributed by atoms with Crippen LogP contribution in [0.1, 0.15) is 29.7 Å². The molecule has 2 aromatic rings. The van der Waals surface area contributed by atoms with Crippen molar-refractivity contribution >= 4 is 11.6 Å². The first-order valence-electron chi connectivity index (χ1n) is 7.82. The molecule has 0 aliphatic heterocycles. The minimum Gasteiger partial charge on any atom is -0.491 e. The van der Waals surface area contributed by atoms with Crippen LogP contribution in [0.3, 0.4) is 0 Å². The number of aliphatic hydroxyl groups excluding tert-OH is 1. The summed E-state index contributed by atoms with van der Waals surface area (Å²) in [4.78, 5) is 0.